The molecule has 11 rings (SSSR count). The maximum atomic E-state index is 2.53. The van der Waals surface area contributed by atoms with Gasteiger partial charge in [0.25, 0.3) is 0 Å². The highest BCUT2D eigenvalue weighted by Gasteiger charge is 2.25. The van der Waals surface area contributed by atoms with Crippen molar-refractivity contribution in [3.63, 3.8) is 0 Å². The second-order valence-corrected chi connectivity index (χ2v) is 16.2. The standard InChI is InChI=1S/C56H43N3/c1-36-10-20-44(21-11-36)57(45-22-12-37(2)13-23-45)48-28-18-42-33-50-49-29-31-53(58(46-24-14-38(3)15-25-46)47-26-16-39(4)17-27-47)55-51-34-41(40-8-6-5-7-9-40)19-30-52(51)59(56(49)55)54(50)35-43(42)32-48/h5-35H,1-4H3. The van der Waals surface area contributed by atoms with E-state index in [0.717, 1.165) is 34.1 Å². The van der Waals surface area contributed by atoms with Gasteiger partial charge in [0, 0.05) is 50.0 Å². The molecule has 0 bridgehead atoms. The third-order valence-electron chi connectivity index (χ3n) is 12.1. The molecule has 2 aromatic heterocycles. The van der Waals surface area contributed by atoms with Gasteiger partial charge < -0.3 is 14.2 Å². The number of anilines is 6. The Morgan fingerprint density at radius 2 is 0.881 bits per heavy atom. The fourth-order valence-electron chi connectivity index (χ4n) is 9.06. The molecular formula is C56H43N3. The van der Waals surface area contributed by atoms with Gasteiger partial charge in [0.2, 0.25) is 0 Å². The third kappa shape index (κ3) is 5.81. The van der Waals surface area contributed by atoms with Crippen LogP contribution in [0, 0.1) is 27.7 Å². The first-order valence-electron chi connectivity index (χ1n) is 20.5. The smallest absolute Gasteiger partial charge is 0.0641 e. The zero-order valence-corrected chi connectivity index (χ0v) is 33.7. The van der Waals surface area contributed by atoms with E-state index < -0.39 is 0 Å². The molecule has 3 heteroatoms. The van der Waals surface area contributed by atoms with Gasteiger partial charge in [-0.05, 0) is 141 Å². The lowest BCUT2D eigenvalue weighted by Crippen LogP contribution is -2.10. The Balaban J connectivity index is 1.19. The SMILES string of the molecule is Cc1ccc(N(c2ccc(C)cc2)c2ccc3cc4c5ccc(N(c6ccc(C)cc6)c6ccc(C)cc6)c6c7cc(-c8ccccc8)ccc7n(c4cc3c2)c56)cc1. The molecule has 0 aliphatic heterocycles. The molecule has 282 valence electrons. The number of hydrogen-bond acceptors (Lipinski definition) is 2. The van der Waals surface area contributed by atoms with E-state index in [0.29, 0.717) is 0 Å². The lowest BCUT2D eigenvalue weighted by Gasteiger charge is -2.27. The van der Waals surface area contributed by atoms with Crippen molar-refractivity contribution < 1.29 is 0 Å². The number of aromatic nitrogens is 1. The fourth-order valence-corrected chi connectivity index (χ4v) is 9.06. The fraction of sp³-hybridized carbons (Fsp3) is 0.0714. The summed E-state index contributed by atoms with van der Waals surface area (Å²) in [6.45, 7) is 8.59. The van der Waals surface area contributed by atoms with Gasteiger partial charge in [-0.3, -0.25) is 0 Å². The highest BCUT2D eigenvalue weighted by Crippen LogP contribution is 2.49. The number of fused-ring (bicyclic) bond motifs is 7. The molecule has 59 heavy (non-hydrogen) atoms. The predicted molar refractivity (Wildman–Crippen MR) is 252 cm³/mol. The summed E-state index contributed by atoms with van der Waals surface area (Å²) >= 11 is 0. The van der Waals surface area contributed by atoms with Crippen molar-refractivity contribution in [1.82, 2.24) is 4.40 Å². The summed E-state index contributed by atoms with van der Waals surface area (Å²) in [7, 11) is 0. The largest absolute Gasteiger partial charge is 0.310 e. The lowest BCUT2D eigenvalue weighted by atomic mass is 9.99. The molecule has 0 atom stereocenters. The molecule has 0 aliphatic rings. The van der Waals surface area contributed by atoms with E-state index in [2.05, 4.69) is 230 Å². The summed E-state index contributed by atoms with van der Waals surface area (Å²) in [6.07, 6.45) is 0. The van der Waals surface area contributed by atoms with Crippen molar-refractivity contribution in [2.24, 2.45) is 0 Å². The predicted octanol–water partition coefficient (Wildman–Crippen LogP) is 15.8. The zero-order chi connectivity index (χ0) is 39.8. The van der Waals surface area contributed by atoms with E-state index in [9.17, 15) is 0 Å². The molecule has 3 nitrogen and oxygen atoms in total. The molecule has 0 aliphatic carbocycles. The van der Waals surface area contributed by atoms with Crippen LogP contribution in [0.15, 0.2) is 188 Å². The number of hydrogen-bond donors (Lipinski definition) is 0. The van der Waals surface area contributed by atoms with Crippen LogP contribution in [0.4, 0.5) is 34.1 Å². The maximum absolute atomic E-state index is 2.53. The van der Waals surface area contributed by atoms with Crippen LogP contribution in [0.5, 0.6) is 0 Å². The normalized spacial score (nSPS) is 11.7. The number of aryl methyl sites for hydroxylation is 4. The molecule has 2 heterocycles. The van der Waals surface area contributed by atoms with Gasteiger partial charge in [0.1, 0.15) is 0 Å². The van der Waals surface area contributed by atoms with E-state index in [1.165, 1.54) is 82.2 Å². The van der Waals surface area contributed by atoms with Crippen molar-refractivity contribution in [3.05, 3.63) is 210 Å². The average molecular weight is 758 g/mol. The van der Waals surface area contributed by atoms with Gasteiger partial charge in [0.15, 0.2) is 0 Å². The Kier molecular flexibility index (Phi) is 8.06. The maximum Gasteiger partial charge on any atom is 0.0641 e. The van der Waals surface area contributed by atoms with Crippen LogP contribution in [-0.2, 0) is 0 Å². The van der Waals surface area contributed by atoms with E-state index in [1.807, 2.05) is 0 Å². The monoisotopic (exact) mass is 757 g/mol. The van der Waals surface area contributed by atoms with Gasteiger partial charge >= 0.3 is 0 Å². The van der Waals surface area contributed by atoms with Crippen LogP contribution in [0.2, 0.25) is 0 Å². The molecule has 0 radical (unpaired) electrons. The summed E-state index contributed by atoms with van der Waals surface area (Å²) in [6, 6.07) is 69.7. The molecule has 0 spiro atoms. The van der Waals surface area contributed by atoms with E-state index in [-0.39, 0.29) is 0 Å². The first-order chi connectivity index (χ1) is 28.9. The van der Waals surface area contributed by atoms with Crippen LogP contribution in [0.25, 0.3) is 60.0 Å². The second kappa shape index (κ2) is 13.6. The molecule has 0 saturated heterocycles. The van der Waals surface area contributed by atoms with Crippen molar-refractivity contribution >= 4 is 83.0 Å². The Labute approximate surface area is 345 Å². The quantitative estimate of drug-likeness (QED) is 0.160. The topological polar surface area (TPSA) is 10.9 Å². The first-order valence-corrected chi connectivity index (χ1v) is 20.5. The van der Waals surface area contributed by atoms with Gasteiger partial charge in [0.05, 0.1) is 22.2 Å². The van der Waals surface area contributed by atoms with Crippen LogP contribution in [0.1, 0.15) is 22.3 Å². The minimum atomic E-state index is 1.13. The number of benzene rings is 9. The van der Waals surface area contributed by atoms with Crippen molar-refractivity contribution in [2.45, 2.75) is 27.7 Å². The minimum Gasteiger partial charge on any atom is -0.310 e. The Bertz CT molecular complexity index is 3230. The molecule has 9 aromatic carbocycles. The average Bonchev–Trinajstić information content (AvgIpc) is 3.77. The lowest BCUT2D eigenvalue weighted by molar-refractivity contribution is 1.27. The molecule has 0 amide bonds. The first kappa shape index (κ1) is 34.9. The van der Waals surface area contributed by atoms with Crippen molar-refractivity contribution in [2.75, 3.05) is 9.80 Å². The second-order valence-electron chi connectivity index (χ2n) is 16.2. The van der Waals surface area contributed by atoms with Crippen LogP contribution in [-0.4, -0.2) is 4.40 Å². The summed E-state index contributed by atoms with van der Waals surface area (Å²) in [4.78, 5) is 4.80. The van der Waals surface area contributed by atoms with Crippen LogP contribution < -0.4 is 9.80 Å². The summed E-state index contributed by atoms with van der Waals surface area (Å²) < 4.78 is 2.53. The van der Waals surface area contributed by atoms with Crippen molar-refractivity contribution in [3.8, 4) is 11.1 Å². The van der Waals surface area contributed by atoms with Gasteiger partial charge in [-0.15, -0.1) is 0 Å². The van der Waals surface area contributed by atoms with E-state index in [4.69, 9.17) is 0 Å². The van der Waals surface area contributed by atoms with E-state index >= 15 is 0 Å². The molecule has 0 N–H and O–H groups in total. The molecular weight excluding hydrogens is 715 g/mol. The van der Waals surface area contributed by atoms with Crippen LogP contribution >= 0.6 is 0 Å². The Morgan fingerprint density at radius 3 is 1.46 bits per heavy atom. The summed E-state index contributed by atoms with van der Waals surface area (Å²) in [5.74, 6) is 0. The van der Waals surface area contributed by atoms with Crippen LogP contribution in [0.3, 0.4) is 0 Å². The molecule has 0 unspecified atom stereocenters. The number of rotatable bonds is 7. The summed E-state index contributed by atoms with van der Waals surface area (Å²) in [5, 5.41) is 7.44. The number of nitrogens with zero attached hydrogens (tertiary/aromatic N) is 3. The highest BCUT2D eigenvalue weighted by molar-refractivity contribution is 6.28. The third-order valence-corrected chi connectivity index (χ3v) is 12.1. The Morgan fingerprint density at radius 1 is 0.339 bits per heavy atom. The molecule has 11 aromatic rings. The zero-order valence-electron chi connectivity index (χ0n) is 33.7. The summed E-state index contributed by atoms with van der Waals surface area (Å²) in [5.41, 5.74) is 17.9. The van der Waals surface area contributed by atoms with Gasteiger partial charge in [-0.25, -0.2) is 0 Å². The minimum absolute atomic E-state index is 1.13. The Hall–Kier alpha value is -7.36. The van der Waals surface area contributed by atoms with Gasteiger partial charge in [-0.1, -0.05) is 119 Å². The van der Waals surface area contributed by atoms with Gasteiger partial charge in [-0.2, -0.15) is 0 Å². The molecule has 0 saturated carbocycles. The highest BCUT2D eigenvalue weighted by atomic mass is 15.2. The molecule has 0 fully saturated rings. The van der Waals surface area contributed by atoms with E-state index in [1.54, 1.807) is 0 Å². The van der Waals surface area contributed by atoms with Crippen molar-refractivity contribution in [1.29, 1.82) is 0 Å².